The number of hydrogen-bond acceptors (Lipinski definition) is 3. The van der Waals surface area contributed by atoms with Gasteiger partial charge in [-0.1, -0.05) is 25.1 Å². The number of nitrogens with two attached hydrogens (primary N) is 1. The molecule has 0 bridgehead atoms. The van der Waals surface area contributed by atoms with Crippen LogP contribution in [0.2, 0.25) is 0 Å². The molecule has 1 aromatic heterocycles. The largest absolute Gasteiger partial charge is 0.392 e. The number of rotatable bonds is 3. The average molecular weight is 267 g/mol. The number of hydrogen-bond donors (Lipinski definition) is 2. The fraction of sp³-hybridized carbons (Fsp3) is 0.417. The van der Waals surface area contributed by atoms with Crippen LogP contribution in [0.4, 0.5) is 10.2 Å². The molecule has 1 amide bonds. The summed E-state index contributed by atoms with van der Waals surface area (Å²) >= 11 is 5.02. The number of nitrogens with one attached hydrogen (secondary N) is 1. The van der Waals surface area contributed by atoms with E-state index in [9.17, 15) is 9.18 Å². The van der Waals surface area contributed by atoms with Crippen molar-refractivity contribution < 1.29 is 9.18 Å². The lowest BCUT2D eigenvalue weighted by Crippen LogP contribution is -2.44. The van der Waals surface area contributed by atoms with Crippen LogP contribution in [-0.2, 0) is 4.79 Å². The lowest BCUT2D eigenvalue weighted by atomic mass is 9.85. The fourth-order valence-electron chi connectivity index (χ4n) is 2.25. The summed E-state index contributed by atoms with van der Waals surface area (Å²) in [5, 5.41) is 2.65. The quantitative estimate of drug-likeness (QED) is 0.822. The van der Waals surface area contributed by atoms with Crippen molar-refractivity contribution in [3.8, 4) is 0 Å². The zero-order chi connectivity index (χ0) is 13.2. The van der Waals surface area contributed by atoms with Gasteiger partial charge in [0, 0.05) is 0 Å². The number of pyridine rings is 1. The van der Waals surface area contributed by atoms with Gasteiger partial charge in [0.25, 0.3) is 0 Å². The van der Waals surface area contributed by atoms with E-state index in [2.05, 4.69) is 10.3 Å². The van der Waals surface area contributed by atoms with Gasteiger partial charge in [-0.2, -0.15) is 0 Å². The molecule has 0 atom stereocenters. The van der Waals surface area contributed by atoms with E-state index in [-0.39, 0.29) is 10.9 Å². The van der Waals surface area contributed by atoms with Gasteiger partial charge >= 0.3 is 0 Å². The van der Waals surface area contributed by atoms with Crippen LogP contribution < -0.4 is 11.1 Å². The normalized spacial score (nSPS) is 17.4. The lowest BCUT2D eigenvalue weighted by molar-refractivity contribution is -0.122. The highest BCUT2D eigenvalue weighted by Gasteiger charge is 2.44. The summed E-state index contributed by atoms with van der Waals surface area (Å²) in [5.41, 5.74) is 4.93. The van der Waals surface area contributed by atoms with Crippen LogP contribution in [0.3, 0.4) is 0 Å². The number of amides is 1. The highest BCUT2D eigenvalue weighted by molar-refractivity contribution is 7.80. The molecule has 0 aliphatic heterocycles. The summed E-state index contributed by atoms with van der Waals surface area (Å²) in [6.07, 6.45) is 4.24. The second-order valence-electron chi connectivity index (χ2n) is 4.47. The summed E-state index contributed by atoms with van der Waals surface area (Å²) in [5.74, 6) is -0.381. The molecule has 0 aromatic carbocycles. The van der Waals surface area contributed by atoms with E-state index in [1.807, 2.05) is 0 Å². The van der Waals surface area contributed by atoms with Crippen LogP contribution in [0.5, 0.6) is 0 Å². The Bertz CT molecular complexity index is 469. The predicted octanol–water partition coefficient (Wildman–Crippen LogP) is 2.01. The van der Waals surface area contributed by atoms with Gasteiger partial charge < -0.3 is 11.1 Å². The number of nitrogens with zero attached hydrogens (tertiary/aromatic N) is 1. The molecular formula is C12H14FN3OS. The van der Waals surface area contributed by atoms with Crippen molar-refractivity contribution in [2.45, 2.75) is 25.7 Å². The molecule has 6 heteroatoms. The van der Waals surface area contributed by atoms with Crippen LogP contribution >= 0.6 is 12.2 Å². The van der Waals surface area contributed by atoms with Crippen LogP contribution in [0.25, 0.3) is 0 Å². The highest BCUT2D eigenvalue weighted by atomic mass is 32.1. The van der Waals surface area contributed by atoms with Crippen LogP contribution in [-0.4, -0.2) is 15.9 Å². The highest BCUT2D eigenvalue weighted by Crippen LogP contribution is 2.39. The third-order valence-electron chi connectivity index (χ3n) is 3.33. The maximum Gasteiger partial charge on any atom is 0.238 e. The first-order valence-electron chi connectivity index (χ1n) is 5.77. The summed E-state index contributed by atoms with van der Waals surface area (Å²) in [4.78, 5) is 16.3. The van der Waals surface area contributed by atoms with Crippen LogP contribution in [0, 0.1) is 11.2 Å². The minimum Gasteiger partial charge on any atom is -0.392 e. The Labute approximate surface area is 110 Å². The van der Waals surface area contributed by atoms with Gasteiger partial charge in [-0.15, -0.1) is 0 Å². The number of carbonyl (C=O) groups excluding carboxylic acids is 1. The van der Waals surface area contributed by atoms with Crippen molar-refractivity contribution in [3.05, 3.63) is 24.1 Å². The van der Waals surface area contributed by atoms with E-state index < -0.39 is 11.2 Å². The van der Waals surface area contributed by atoms with E-state index in [1.54, 1.807) is 0 Å². The summed E-state index contributed by atoms with van der Waals surface area (Å²) in [6.45, 7) is 0. The van der Waals surface area contributed by atoms with Gasteiger partial charge in [0.1, 0.15) is 11.6 Å². The number of anilines is 1. The zero-order valence-corrected chi connectivity index (χ0v) is 10.6. The molecule has 96 valence electrons. The summed E-state index contributed by atoms with van der Waals surface area (Å²) in [7, 11) is 0. The number of aromatic nitrogens is 1. The van der Waals surface area contributed by atoms with Crippen molar-refractivity contribution in [1.82, 2.24) is 4.98 Å². The first kappa shape index (κ1) is 12.9. The van der Waals surface area contributed by atoms with Gasteiger partial charge in [-0.3, -0.25) is 4.79 Å². The van der Waals surface area contributed by atoms with Gasteiger partial charge in [-0.05, 0) is 25.0 Å². The first-order valence-corrected chi connectivity index (χ1v) is 6.18. The standard InChI is InChI=1S/C12H14FN3OS/c13-8-3-4-9(15-7-8)16-11(17)12(10(14)18)5-1-2-6-12/h3-4,7H,1-2,5-6H2,(H2,14,18)(H,15,16,17). The second-order valence-corrected chi connectivity index (χ2v) is 4.91. The number of carbonyl (C=O) groups is 1. The Kier molecular flexibility index (Phi) is 3.56. The van der Waals surface area contributed by atoms with E-state index in [1.165, 1.54) is 12.1 Å². The van der Waals surface area contributed by atoms with Gasteiger partial charge in [0.2, 0.25) is 5.91 Å². The van der Waals surface area contributed by atoms with E-state index in [0.717, 1.165) is 19.0 Å². The molecule has 18 heavy (non-hydrogen) atoms. The molecule has 0 spiro atoms. The molecule has 0 unspecified atom stereocenters. The Morgan fingerprint density at radius 2 is 2.11 bits per heavy atom. The topological polar surface area (TPSA) is 68.0 Å². The average Bonchev–Trinajstić information content (AvgIpc) is 2.82. The van der Waals surface area contributed by atoms with E-state index in [0.29, 0.717) is 18.7 Å². The molecule has 1 aliphatic carbocycles. The third-order valence-corrected chi connectivity index (χ3v) is 3.72. The molecule has 4 nitrogen and oxygen atoms in total. The first-order chi connectivity index (χ1) is 8.54. The molecule has 1 aliphatic rings. The lowest BCUT2D eigenvalue weighted by Gasteiger charge is -2.25. The SMILES string of the molecule is NC(=S)C1(C(=O)Nc2ccc(F)cn2)CCCC1. The van der Waals surface area contributed by atoms with Gasteiger partial charge in [0.15, 0.2) is 0 Å². The molecule has 3 N–H and O–H groups in total. The molecule has 0 saturated heterocycles. The Balaban J connectivity index is 2.15. The minimum atomic E-state index is -0.772. The van der Waals surface area contributed by atoms with Gasteiger partial charge in [0.05, 0.1) is 16.6 Å². The maximum absolute atomic E-state index is 12.7. The van der Waals surface area contributed by atoms with E-state index >= 15 is 0 Å². The Morgan fingerprint density at radius 3 is 2.61 bits per heavy atom. The molecule has 1 saturated carbocycles. The summed E-state index contributed by atoms with van der Waals surface area (Å²) < 4.78 is 12.7. The molecular weight excluding hydrogens is 253 g/mol. The number of halogens is 1. The molecule has 1 heterocycles. The molecule has 0 radical (unpaired) electrons. The Morgan fingerprint density at radius 1 is 1.44 bits per heavy atom. The maximum atomic E-state index is 12.7. The van der Waals surface area contributed by atoms with Crippen molar-refractivity contribution in [3.63, 3.8) is 0 Å². The summed E-state index contributed by atoms with van der Waals surface area (Å²) in [6, 6.07) is 2.65. The Hall–Kier alpha value is -1.56. The van der Waals surface area contributed by atoms with Crippen molar-refractivity contribution in [1.29, 1.82) is 0 Å². The molecule has 1 fully saturated rings. The van der Waals surface area contributed by atoms with Crippen molar-refractivity contribution in [2.75, 3.05) is 5.32 Å². The van der Waals surface area contributed by atoms with Gasteiger partial charge in [-0.25, -0.2) is 9.37 Å². The smallest absolute Gasteiger partial charge is 0.238 e. The monoisotopic (exact) mass is 267 g/mol. The second kappa shape index (κ2) is 4.97. The third kappa shape index (κ3) is 2.33. The predicted molar refractivity (Wildman–Crippen MR) is 70.5 cm³/mol. The minimum absolute atomic E-state index is 0.222. The van der Waals surface area contributed by atoms with Crippen LogP contribution in [0.1, 0.15) is 25.7 Å². The molecule has 2 rings (SSSR count). The van der Waals surface area contributed by atoms with Crippen molar-refractivity contribution >= 4 is 28.9 Å². The number of thiocarbonyl (C=S) groups is 1. The fourth-order valence-corrected chi connectivity index (χ4v) is 2.55. The van der Waals surface area contributed by atoms with Crippen molar-refractivity contribution in [2.24, 2.45) is 11.1 Å². The zero-order valence-electron chi connectivity index (χ0n) is 9.78. The van der Waals surface area contributed by atoms with Crippen LogP contribution in [0.15, 0.2) is 18.3 Å². The molecule has 1 aromatic rings. The van der Waals surface area contributed by atoms with E-state index in [4.69, 9.17) is 18.0 Å².